The topological polar surface area (TPSA) is 51.0 Å². The number of aromatic nitrogens is 2. The van der Waals surface area contributed by atoms with Crippen LogP contribution < -0.4 is 10.1 Å². The monoisotopic (exact) mass is 352 g/mol. The van der Waals surface area contributed by atoms with Gasteiger partial charge in [0.15, 0.2) is 0 Å². The summed E-state index contributed by atoms with van der Waals surface area (Å²) in [5, 5.41) is 3.60. The van der Waals surface area contributed by atoms with Crippen molar-refractivity contribution in [1.82, 2.24) is 14.3 Å². The molecule has 3 heterocycles. The molecule has 1 saturated heterocycles. The Hall–Kier alpha value is -2.57. The summed E-state index contributed by atoms with van der Waals surface area (Å²) >= 11 is 0. The van der Waals surface area contributed by atoms with Crippen molar-refractivity contribution in [1.29, 1.82) is 0 Å². The summed E-state index contributed by atoms with van der Waals surface area (Å²) in [5.74, 6) is 1.87. The molecule has 0 atom stereocenters. The quantitative estimate of drug-likeness (QED) is 0.739. The van der Waals surface area contributed by atoms with E-state index >= 15 is 0 Å². The Kier molecular flexibility index (Phi) is 5.04. The average Bonchev–Trinajstić information content (AvgIpc) is 3.08. The van der Waals surface area contributed by atoms with Crippen LogP contribution in [0.15, 0.2) is 48.7 Å². The van der Waals surface area contributed by atoms with Crippen LogP contribution in [-0.2, 0) is 4.74 Å². The molecule has 1 aliphatic rings. The molecule has 0 aliphatic carbocycles. The molecule has 1 aliphatic heterocycles. The number of morpholine rings is 1. The summed E-state index contributed by atoms with van der Waals surface area (Å²) in [6.45, 7) is 5.51. The molecule has 4 rings (SSSR count). The number of benzene rings is 1. The lowest BCUT2D eigenvalue weighted by atomic mass is 10.1. The predicted molar refractivity (Wildman–Crippen MR) is 103 cm³/mol. The first-order valence-corrected chi connectivity index (χ1v) is 9.00. The lowest BCUT2D eigenvalue weighted by Crippen LogP contribution is -2.39. The molecule has 0 saturated carbocycles. The van der Waals surface area contributed by atoms with Crippen LogP contribution in [0.25, 0.3) is 16.9 Å². The van der Waals surface area contributed by atoms with Crippen molar-refractivity contribution in [2.24, 2.45) is 0 Å². The van der Waals surface area contributed by atoms with Gasteiger partial charge in [0.05, 0.1) is 20.3 Å². The van der Waals surface area contributed by atoms with Crippen molar-refractivity contribution in [2.75, 3.05) is 51.8 Å². The van der Waals surface area contributed by atoms with E-state index < -0.39 is 0 Å². The highest BCUT2D eigenvalue weighted by Gasteiger charge is 2.15. The number of nitrogens with one attached hydrogen (secondary N) is 1. The molecule has 26 heavy (non-hydrogen) atoms. The summed E-state index contributed by atoms with van der Waals surface area (Å²) in [5.41, 5.74) is 2.97. The van der Waals surface area contributed by atoms with Gasteiger partial charge in [-0.05, 0) is 36.4 Å². The van der Waals surface area contributed by atoms with Gasteiger partial charge in [-0.3, -0.25) is 9.30 Å². The molecule has 6 heteroatoms. The average molecular weight is 352 g/mol. The molecule has 0 unspecified atom stereocenters. The van der Waals surface area contributed by atoms with Gasteiger partial charge in [0.2, 0.25) is 0 Å². The Morgan fingerprint density at radius 2 is 1.92 bits per heavy atom. The van der Waals surface area contributed by atoms with E-state index in [0.717, 1.165) is 67.9 Å². The molecule has 0 amide bonds. The van der Waals surface area contributed by atoms with Crippen LogP contribution in [0.3, 0.4) is 0 Å². The fraction of sp³-hybridized carbons (Fsp3) is 0.350. The molecular formula is C20H24N4O2. The minimum atomic E-state index is 0.826. The molecule has 1 N–H and O–H groups in total. The number of hydrogen-bond donors (Lipinski definition) is 1. The van der Waals surface area contributed by atoms with E-state index in [4.69, 9.17) is 14.5 Å². The van der Waals surface area contributed by atoms with E-state index in [1.54, 1.807) is 7.11 Å². The summed E-state index contributed by atoms with van der Waals surface area (Å²) < 4.78 is 12.8. The fourth-order valence-electron chi connectivity index (χ4n) is 3.27. The summed E-state index contributed by atoms with van der Waals surface area (Å²) in [7, 11) is 1.68. The predicted octanol–water partition coefficient (Wildman–Crippen LogP) is 2.75. The van der Waals surface area contributed by atoms with E-state index in [9.17, 15) is 0 Å². The van der Waals surface area contributed by atoms with Crippen molar-refractivity contribution >= 4 is 11.5 Å². The molecule has 136 valence electrons. The van der Waals surface area contributed by atoms with Gasteiger partial charge >= 0.3 is 0 Å². The number of nitrogens with zero attached hydrogens (tertiary/aromatic N) is 3. The Bertz CT molecular complexity index is 854. The van der Waals surface area contributed by atoms with Gasteiger partial charge in [0, 0.05) is 37.9 Å². The number of fused-ring (bicyclic) bond motifs is 1. The largest absolute Gasteiger partial charge is 0.497 e. The maximum atomic E-state index is 5.42. The lowest BCUT2D eigenvalue weighted by Gasteiger charge is -2.26. The number of imidazole rings is 1. The van der Waals surface area contributed by atoms with Gasteiger partial charge in [-0.25, -0.2) is 4.98 Å². The number of rotatable bonds is 6. The number of hydrogen-bond acceptors (Lipinski definition) is 5. The van der Waals surface area contributed by atoms with E-state index in [0.29, 0.717) is 0 Å². The van der Waals surface area contributed by atoms with Gasteiger partial charge in [-0.15, -0.1) is 0 Å². The van der Waals surface area contributed by atoms with Crippen LogP contribution in [0, 0.1) is 0 Å². The molecular weight excluding hydrogens is 328 g/mol. The maximum absolute atomic E-state index is 5.42. The summed E-state index contributed by atoms with van der Waals surface area (Å²) in [4.78, 5) is 7.25. The summed E-state index contributed by atoms with van der Waals surface area (Å²) in [6, 6.07) is 14.1. The van der Waals surface area contributed by atoms with Gasteiger partial charge < -0.3 is 14.8 Å². The summed E-state index contributed by atoms with van der Waals surface area (Å²) in [6.07, 6.45) is 2.05. The molecule has 6 nitrogen and oxygen atoms in total. The number of ether oxygens (including phenoxy) is 2. The second kappa shape index (κ2) is 7.76. The van der Waals surface area contributed by atoms with Crippen LogP contribution in [-0.4, -0.2) is 60.8 Å². The van der Waals surface area contributed by atoms with Crippen LogP contribution in [0.2, 0.25) is 0 Å². The highest BCUT2D eigenvalue weighted by Crippen LogP contribution is 2.29. The third-order valence-corrected chi connectivity index (χ3v) is 4.72. The van der Waals surface area contributed by atoms with Gasteiger partial charge in [0.1, 0.15) is 22.9 Å². The fourth-order valence-corrected chi connectivity index (χ4v) is 3.27. The Labute approximate surface area is 153 Å². The van der Waals surface area contributed by atoms with E-state index in [1.807, 2.05) is 48.7 Å². The first-order chi connectivity index (χ1) is 12.8. The van der Waals surface area contributed by atoms with Gasteiger partial charge in [0.25, 0.3) is 0 Å². The molecule has 0 radical (unpaired) electrons. The molecule has 3 aromatic rings. The van der Waals surface area contributed by atoms with Crippen molar-refractivity contribution in [2.45, 2.75) is 0 Å². The lowest BCUT2D eigenvalue weighted by molar-refractivity contribution is 0.0398. The zero-order chi connectivity index (χ0) is 17.8. The second-order valence-electron chi connectivity index (χ2n) is 6.35. The van der Waals surface area contributed by atoms with E-state index in [-0.39, 0.29) is 0 Å². The third-order valence-electron chi connectivity index (χ3n) is 4.72. The van der Waals surface area contributed by atoms with Crippen LogP contribution in [0.1, 0.15) is 0 Å². The van der Waals surface area contributed by atoms with Crippen molar-refractivity contribution in [3.63, 3.8) is 0 Å². The normalized spacial score (nSPS) is 15.3. The first-order valence-electron chi connectivity index (χ1n) is 9.00. The third kappa shape index (κ3) is 3.52. The SMILES string of the molecule is COc1ccc(-c2nc3ccccn3c2NCCN2CCOCC2)cc1. The number of methoxy groups -OCH3 is 1. The minimum Gasteiger partial charge on any atom is -0.497 e. The van der Waals surface area contributed by atoms with Crippen LogP contribution >= 0.6 is 0 Å². The maximum Gasteiger partial charge on any atom is 0.139 e. The minimum absolute atomic E-state index is 0.826. The molecule has 0 spiro atoms. The van der Waals surface area contributed by atoms with E-state index in [2.05, 4.69) is 14.6 Å². The van der Waals surface area contributed by atoms with Gasteiger partial charge in [-0.1, -0.05) is 6.07 Å². The number of pyridine rings is 1. The first kappa shape index (κ1) is 16.9. The molecule has 2 aromatic heterocycles. The highest BCUT2D eigenvalue weighted by molar-refractivity contribution is 5.76. The molecule has 1 aromatic carbocycles. The standard InChI is InChI=1S/C20H24N4O2/c1-25-17-7-5-16(6-8-17)19-20(24-10-3-2-4-18(24)22-19)21-9-11-23-12-14-26-15-13-23/h2-8,10,21H,9,11-15H2,1H3. The Morgan fingerprint density at radius 1 is 1.12 bits per heavy atom. The van der Waals surface area contributed by atoms with E-state index in [1.165, 1.54) is 0 Å². The van der Waals surface area contributed by atoms with Crippen molar-refractivity contribution < 1.29 is 9.47 Å². The second-order valence-corrected chi connectivity index (χ2v) is 6.35. The van der Waals surface area contributed by atoms with Crippen LogP contribution in [0.4, 0.5) is 5.82 Å². The zero-order valence-electron chi connectivity index (χ0n) is 15.0. The van der Waals surface area contributed by atoms with Crippen LogP contribution in [0.5, 0.6) is 5.75 Å². The Balaban J connectivity index is 1.58. The molecule has 1 fully saturated rings. The van der Waals surface area contributed by atoms with Crippen molar-refractivity contribution in [3.8, 4) is 17.0 Å². The Morgan fingerprint density at radius 3 is 2.69 bits per heavy atom. The number of anilines is 1. The molecule has 0 bridgehead atoms. The van der Waals surface area contributed by atoms with Gasteiger partial charge in [-0.2, -0.15) is 0 Å². The van der Waals surface area contributed by atoms with Crippen molar-refractivity contribution in [3.05, 3.63) is 48.7 Å². The highest BCUT2D eigenvalue weighted by atomic mass is 16.5. The smallest absolute Gasteiger partial charge is 0.139 e. The zero-order valence-corrected chi connectivity index (χ0v) is 15.0.